The van der Waals surface area contributed by atoms with Crippen molar-refractivity contribution in [2.45, 2.75) is 0 Å². The molecule has 0 saturated heterocycles. The SMILES string of the molecule is O=C(O)CNC(=O)/C=C/C=C/c1ccccc1. The Bertz CT molecular complexity index is 435. The summed E-state index contributed by atoms with van der Waals surface area (Å²) in [5.41, 5.74) is 1.03. The van der Waals surface area contributed by atoms with E-state index in [4.69, 9.17) is 5.11 Å². The smallest absolute Gasteiger partial charge is 0.322 e. The lowest BCUT2D eigenvalue weighted by molar-refractivity contribution is -0.137. The number of hydrogen-bond donors (Lipinski definition) is 2. The van der Waals surface area contributed by atoms with Gasteiger partial charge in [-0.15, -0.1) is 0 Å². The normalized spacial score (nSPS) is 10.8. The van der Waals surface area contributed by atoms with Crippen molar-refractivity contribution in [2.75, 3.05) is 6.54 Å². The van der Waals surface area contributed by atoms with Gasteiger partial charge in [-0.1, -0.05) is 48.6 Å². The highest BCUT2D eigenvalue weighted by Gasteiger charge is 1.97. The Morgan fingerprint density at radius 2 is 1.88 bits per heavy atom. The second kappa shape index (κ2) is 7.00. The molecule has 0 radical (unpaired) electrons. The van der Waals surface area contributed by atoms with Crippen molar-refractivity contribution < 1.29 is 14.7 Å². The monoisotopic (exact) mass is 231 g/mol. The average molecular weight is 231 g/mol. The fourth-order valence-electron chi connectivity index (χ4n) is 1.10. The molecular formula is C13H13NO3. The molecule has 17 heavy (non-hydrogen) atoms. The Morgan fingerprint density at radius 3 is 2.53 bits per heavy atom. The number of hydrogen-bond acceptors (Lipinski definition) is 2. The number of allylic oxidation sites excluding steroid dienone is 2. The summed E-state index contributed by atoms with van der Waals surface area (Å²) in [6.45, 7) is -0.369. The van der Waals surface area contributed by atoms with E-state index in [1.807, 2.05) is 36.4 Å². The highest BCUT2D eigenvalue weighted by atomic mass is 16.4. The van der Waals surface area contributed by atoms with Crippen LogP contribution < -0.4 is 5.32 Å². The van der Waals surface area contributed by atoms with E-state index in [2.05, 4.69) is 5.32 Å². The van der Waals surface area contributed by atoms with Gasteiger partial charge < -0.3 is 10.4 Å². The Morgan fingerprint density at radius 1 is 1.18 bits per heavy atom. The third-order valence-corrected chi connectivity index (χ3v) is 1.86. The summed E-state index contributed by atoms with van der Waals surface area (Å²) in [4.78, 5) is 21.2. The molecule has 0 bridgehead atoms. The van der Waals surface area contributed by atoms with Gasteiger partial charge in [-0.25, -0.2) is 0 Å². The number of benzene rings is 1. The molecule has 0 unspecified atom stereocenters. The maximum Gasteiger partial charge on any atom is 0.322 e. The van der Waals surface area contributed by atoms with Gasteiger partial charge in [0.15, 0.2) is 0 Å². The molecule has 0 heterocycles. The number of carboxylic acids is 1. The van der Waals surface area contributed by atoms with Crippen LogP contribution in [0.1, 0.15) is 5.56 Å². The van der Waals surface area contributed by atoms with Gasteiger partial charge in [0, 0.05) is 6.08 Å². The summed E-state index contributed by atoms with van der Waals surface area (Å²) >= 11 is 0. The first kappa shape index (κ1) is 12.7. The van der Waals surface area contributed by atoms with Crippen LogP contribution in [0.25, 0.3) is 6.08 Å². The van der Waals surface area contributed by atoms with Crippen molar-refractivity contribution in [2.24, 2.45) is 0 Å². The Labute approximate surface area is 99.3 Å². The second-order valence-electron chi connectivity index (χ2n) is 3.24. The molecule has 4 nitrogen and oxygen atoms in total. The summed E-state index contributed by atoms with van der Waals surface area (Å²) in [5.74, 6) is -1.49. The minimum atomic E-state index is -1.06. The van der Waals surface area contributed by atoms with Gasteiger partial charge in [0.1, 0.15) is 6.54 Å². The van der Waals surface area contributed by atoms with Crippen LogP contribution in [0.2, 0.25) is 0 Å². The van der Waals surface area contributed by atoms with Crippen molar-refractivity contribution >= 4 is 18.0 Å². The molecular weight excluding hydrogens is 218 g/mol. The van der Waals surface area contributed by atoms with Gasteiger partial charge in [0.25, 0.3) is 0 Å². The van der Waals surface area contributed by atoms with E-state index in [1.54, 1.807) is 12.2 Å². The van der Waals surface area contributed by atoms with Crippen LogP contribution in [0.15, 0.2) is 48.6 Å². The third kappa shape index (κ3) is 5.94. The van der Waals surface area contributed by atoms with E-state index in [0.29, 0.717) is 0 Å². The number of rotatable bonds is 5. The van der Waals surface area contributed by atoms with Crippen LogP contribution in [0.4, 0.5) is 0 Å². The molecule has 0 aliphatic heterocycles. The molecule has 1 aromatic rings. The molecule has 0 aliphatic carbocycles. The average Bonchev–Trinajstić information content (AvgIpc) is 2.33. The first-order chi connectivity index (χ1) is 8.18. The number of carboxylic acid groups (broad SMARTS) is 1. The van der Waals surface area contributed by atoms with E-state index in [-0.39, 0.29) is 6.54 Å². The van der Waals surface area contributed by atoms with Crippen LogP contribution in [-0.2, 0) is 9.59 Å². The first-order valence-electron chi connectivity index (χ1n) is 5.08. The largest absolute Gasteiger partial charge is 0.480 e. The van der Waals surface area contributed by atoms with Crippen LogP contribution in [-0.4, -0.2) is 23.5 Å². The molecule has 4 heteroatoms. The zero-order chi connectivity index (χ0) is 12.5. The second-order valence-corrected chi connectivity index (χ2v) is 3.24. The van der Waals surface area contributed by atoms with Crippen LogP contribution >= 0.6 is 0 Å². The molecule has 0 spiro atoms. The molecule has 0 fully saturated rings. The topological polar surface area (TPSA) is 66.4 Å². The number of carbonyl (C=O) groups excluding carboxylic acids is 1. The molecule has 0 atom stereocenters. The van der Waals surface area contributed by atoms with Crippen molar-refractivity contribution in [3.63, 3.8) is 0 Å². The highest BCUT2D eigenvalue weighted by Crippen LogP contribution is 2.00. The minimum Gasteiger partial charge on any atom is -0.480 e. The Kier molecular flexibility index (Phi) is 5.24. The van der Waals surface area contributed by atoms with E-state index < -0.39 is 11.9 Å². The summed E-state index contributed by atoms with van der Waals surface area (Å²) < 4.78 is 0. The fourth-order valence-corrected chi connectivity index (χ4v) is 1.10. The van der Waals surface area contributed by atoms with Crippen LogP contribution in [0, 0.1) is 0 Å². The van der Waals surface area contributed by atoms with Crippen molar-refractivity contribution in [1.82, 2.24) is 5.32 Å². The number of amides is 1. The standard InChI is InChI=1S/C13H13NO3/c15-12(14-10-13(16)17)9-5-4-8-11-6-2-1-3-7-11/h1-9H,10H2,(H,14,15)(H,16,17)/b8-4+,9-5+. The van der Waals surface area contributed by atoms with Crippen molar-refractivity contribution in [3.8, 4) is 0 Å². The third-order valence-electron chi connectivity index (χ3n) is 1.86. The summed E-state index contributed by atoms with van der Waals surface area (Å²) in [7, 11) is 0. The van der Waals surface area contributed by atoms with Gasteiger partial charge in [0.05, 0.1) is 0 Å². The zero-order valence-corrected chi connectivity index (χ0v) is 9.17. The maximum atomic E-state index is 11.1. The van der Waals surface area contributed by atoms with Gasteiger partial charge in [-0.3, -0.25) is 9.59 Å². The zero-order valence-electron chi connectivity index (χ0n) is 9.17. The summed E-state index contributed by atoms with van der Waals surface area (Å²) in [5, 5.41) is 10.6. The first-order valence-corrected chi connectivity index (χ1v) is 5.08. The van der Waals surface area contributed by atoms with Crippen molar-refractivity contribution in [1.29, 1.82) is 0 Å². The fraction of sp³-hybridized carbons (Fsp3) is 0.0769. The molecule has 88 valence electrons. The van der Waals surface area contributed by atoms with Crippen LogP contribution in [0.3, 0.4) is 0 Å². The molecule has 1 rings (SSSR count). The number of nitrogens with one attached hydrogen (secondary N) is 1. The van der Waals surface area contributed by atoms with Gasteiger partial charge in [-0.2, -0.15) is 0 Å². The van der Waals surface area contributed by atoms with E-state index in [9.17, 15) is 9.59 Å². The minimum absolute atomic E-state index is 0.369. The summed E-state index contributed by atoms with van der Waals surface area (Å²) in [6, 6.07) is 9.64. The predicted octanol–water partition coefficient (Wildman–Crippen LogP) is 1.46. The molecule has 0 aromatic heterocycles. The lowest BCUT2D eigenvalue weighted by atomic mass is 10.2. The number of aliphatic carboxylic acids is 1. The van der Waals surface area contributed by atoms with E-state index >= 15 is 0 Å². The Hall–Kier alpha value is -2.36. The van der Waals surface area contributed by atoms with Crippen molar-refractivity contribution in [3.05, 3.63) is 54.1 Å². The highest BCUT2D eigenvalue weighted by molar-refractivity contribution is 5.90. The molecule has 2 N–H and O–H groups in total. The summed E-state index contributed by atoms with van der Waals surface area (Å²) in [6.07, 6.45) is 6.41. The van der Waals surface area contributed by atoms with E-state index in [1.165, 1.54) is 6.08 Å². The molecule has 1 amide bonds. The van der Waals surface area contributed by atoms with Gasteiger partial charge >= 0.3 is 5.97 Å². The number of carbonyl (C=O) groups is 2. The predicted molar refractivity (Wildman–Crippen MR) is 65.3 cm³/mol. The molecule has 0 saturated carbocycles. The van der Waals surface area contributed by atoms with E-state index in [0.717, 1.165) is 5.56 Å². The Balaban J connectivity index is 2.37. The lowest BCUT2D eigenvalue weighted by Gasteiger charge is -1.94. The lowest BCUT2D eigenvalue weighted by Crippen LogP contribution is -2.27. The van der Waals surface area contributed by atoms with Gasteiger partial charge in [0.2, 0.25) is 5.91 Å². The molecule has 1 aromatic carbocycles. The quantitative estimate of drug-likeness (QED) is 0.595. The van der Waals surface area contributed by atoms with Crippen LogP contribution in [0.5, 0.6) is 0 Å². The van der Waals surface area contributed by atoms with Gasteiger partial charge in [-0.05, 0) is 5.56 Å². The maximum absolute atomic E-state index is 11.1. The molecule has 0 aliphatic rings.